The van der Waals surface area contributed by atoms with Crippen molar-refractivity contribution in [1.82, 2.24) is 0 Å². The highest BCUT2D eigenvalue weighted by Gasteiger charge is 2.23. The summed E-state index contributed by atoms with van der Waals surface area (Å²) < 4.78 is 0. The van der Waals surface area contributed by atoms with Gasteiger partial charge in [-0.3, -0.25) is 0 Å². The molecule has 0 amide bonds. The summed E-state index contributed by atoms with van der Waals surface area (Å²) in [5.41, 5.74) is 5.40. The molecule has 0 fully saturated rings. The van der Waals surface area contributed by atoms with Crippen LogP contribution in [0.2, 0.25) is 0 Å². The molecule has 1 aliphatic carbocycles. The van der Waals surface area contributed by atoms with Crippen molar-refractivity contribution in [3.05, 3.63) is 133 Å². The van der Waals surface area contributed by atoms with Crippen LogP contribution in [0.25, 0.3) is 97.7 Å². The fourth-order valence-corrected chi connectivity index (χ4v) is 7.48. The number of benzene rings is 9. The minimum Gasteiger partial charge on any atom is -0.0616 e. The molecule has 0 bridgehead atoms. The van der Waals surface area contributed by atoms with Gasteiger partial charge in [0.25, 0.3) is 0 Å². The van der Waals surface area contributed by atoms with E-state index < -0.39 is 0 Å². The molecule has 0 spiro atoms. The highest BCUT2D eigenvalue weighted by Crippen LogP contribution is 2.51. The van der Waals surface area contributed by atoms with Gasteiger partial charge >= 0.3 is 0 Å². The highest BCUT2D eigenvalue weighted by atomic mass is 14.3. The minimum atomic E-state index is 1.29. The number of hydrogen-bond acceptors (Lipinski definition) is 0. The lowest BCUT2D eigenvalue weighted by atomic mass is 9.89. The topological polar surface area (TPSA) is 0 Å². The molecule has 0 nitrogen and oxygen atoms in total. The van der Waals surface area contributed by atoms with Crippen LogP contribution >= 0.6 is 0 Å². The molecule has 0 unspecified atom stereocenters. The Morgan fingerprint density at radius 1 is 0.225 bits per heavy atom. The van der Waals surface area contributed by atoms with Gasteiger partial charge in [0.1, 0.15) is 0 Å². The zero-order valence-electron chi connectivity index (χ0n) is 21.7. The molecule has 0 saturated heterocycles. The minimum absolute atomic E-state index is 1.29. The predicted molar refractivity (Wildman–Crippen MR) is 173 cm³/mol. The van der Waals surface area contributed by atoms with Gasteiger partial charge in [-0.05, 0) is 140 Å². The van der Waals surface area contributed by atoms with E-state index in [1.807, 2.05) is 0 Å². The fraction of sp³-hybridized carbons (Fsp3) is 0. The molecule has 0 atom stereocenters. The largest absolute Gasteiger partial charge is 0.0616 e. The first-order valence-electron chi connectivity index (χ1n) is 14.0. The molecule has 1 aliphatic rings. The SMILES string of the molecule is c1ccc2cc3c(cc2c1)c1ccccc1c1cc2cc4c(cc2cc13)-c1cccc2c1c-4cc1ccccc12. The van der Waals surface area contributed by atoms with Gasteiger partial charge in [-0.2, -0.15) is 0 Å². The second-order valence-electron chi connectivity index (χ2n) is 11.3. The normalized spacial score (nSPS) is 12.5. The van der Waals surface area contributed by atoms with E-state index in [1.165, 1.54) is 97.7 Å². The molecule has 0 radical (unpaired) electrons. The van der Waals surface area contributed by atoms with Gasteiger partial charge in [0.05, 0.1) is 0 Å². The molecule has 0 heterocycles. The molecule has 0 aromatic heterocycles. The third-order valence-corrected chi connectivity index (χ3v) is 9.26. The Morgan fingerprint density at radius 2 is 0.675 bits per heavy atom. The smallest absolute Gasteiger partial charge is 0.00199 e. The fourth-order valence-electron chi connectivity index (χ4n) is 7.48. The quantitative estimate of drug-likeness (QED) is 0.143. The summed E-state index contributed by atoms with van der Waals surface area (Å²) in [6, 6.07) is 50.1. The predicted octanol–water partition coefficient (Wildman–Crippen LogP) is 11.4. The van der Waals surface area contributed by atoms with E-state index in [0.717, 1.165) is 0 Å². The maximum absolute atomic E-state index is 2.44. The Bertz CT molecular complexity index is 2580. The summed E-state index contributed by atoms with van der Waals surface area (Å²) in [7, 11) is 0. The third-order valence-electron chi connectivity index (χ3n) is 9.26. The first-order chi connectivity index (χ1) is 19.8. The van der Waals surface area contributed by atoms with Crippen molar-refractivity contribution in [3.8, 4) is 22.3 Å². The van der Waals surface area contributed by atoms with E-state index in [4.69, 9.17) is 0 Å². The molecule has 9 aromatic carbocycles. The Morgan fingerprint density at radius 3 is 1.32 bits per heavy atom. The number of fused-ring (bicyclic) bond motifs is 13. The molecule has 9 aromatic rings. The monoisotopic (exact) mass is 502 g/mol. The Balaban J connectivity index is 1.36. The molecule has 182 valence electrons. The average molecular weight is 503 g/mol. The molecular weight excluding hydrogens is 480 g/mol. The summed E-state index contributed by atoms with van der Waals surface area (Å²) in [5, 5.41) is 18.5. The molecule has 0 N–H and O–H groups in total. The molecular formula is C40H22. The van der Waals surface area contributed by atoms with Crippen molar-refractivity contribution >= 4 is 75.4 Å². The van der Waals surface area contributed by atoms with Crippen molar-refractivity contribution in [2.45, 2.75) is 0 Å². The van der Waals surface area contributed by atoms with Crippen molar-refractivity contribution < 1.29 is 0 Å². The van der Waals surface area contributed by atoms with Crippen LogP contribution in [0, 0.1) is 0 Å². The van der Waals surface area contributed by atoms with Crippen LogP contribution in [0.15, 0.2) is 133 Å². The Labute approximate surface area is 230 Å². The second-order valence-corrected chi connectivity index (χ2v) is 11.3. The first-order valence-corrected chi connectivity index (χ1v) is 14.0. The van der Waals surface area contributed by atoms with Gasteiger partial charge < -0.3 is 0 Å². The third kappa shape index (κ3) is 2.56. The van der Waals surface area contributed by atoms with E-state index in [9.17, 15) is 0 Å². The van der Waals surface area contributed by atoms with Gasteiger partial charge in [-0.25, -0.2) is 0 Å². The van der Waals surface area contributed by atoms with Gasteiger partial charge in [0, 0.05) is 0 Å². The summed E-state index contributed by atoms with van der Waals surface area (Å²) in [4.78, 5) is 0. The summed E-state index contributed by atoms with van der Waals surface area (Å²) >= 11 is 0. The van der Waals surface area contributed by atoms with Crippen LogP contribution < -0.4 is 0 Å². The maximum atomic E-state index is 2.44. The van der Waals surface area contributed by atoms with Crippen molar-refractivity contribution in [2.24, 2.45) is 0 Å². The van der Waals surface area contributed by atoms with Crippen LogP contribution in [0.4, 0.5) is 0 Å². The van der Waals surface area contributed by atoms with Crippen LogP contribution in [0.5, 0.6) is 0 Å². The van der Waals surface area contributed by atoms with Crippen LogP contribution in [0.3, 0.4) is 0 Å². The molecule has 40 heavy (non-hydrogen) atoms. The first kappa shape index (κ1) is 20.7. The number of hydrogen-bond donors (Lipinski definition) is 0. The molecule has 10 rings (SSSR count). The van der Waals surface area contributed by atoms with Crippen LogP contribution in [-0.2, 0) is 0 Å². The molecule has 0 aliphatic heterocycles. The standard InChI is InChI=1S/C40H22/c1-2-9-24-17-36-33(16-23(24)8-1)29-12-5-6-13-30(29)34-19-26-22-38-35(20-27(26)21-37(34)36)32-15-7-14-31-28-11-4-3-10-25(28)18-39(38)40(31)32/h1-22H. The van der Waals surface area contributed by atoms with E-state index in [-0.39, 0.29) is 0 Å². The molecule has 0 saturated carbocycles. The van der Waals surface area contributed by atoms with Gasteiger partial charge in [0.2, 0.25) is 0 Å². The summed E-state index contributed by atoms with van der Waals surface area (Å²) in [6.45, 7) is 0. The van der Waals surface area contributed by atoms with Gasteiger partial charge in [-0.15, -0.1) is 0 Å². The zero-order chi connectivity index (χ0) is 25.9. The van der Waals surface area contributed by atoms with Gasteiger partial charge in [-0.1, -0.05) is 91.0 Å². The van der Waals surface area contributed by atoms with Crippen LogP contribution in [0.1, 0.15) is 0 Å². The highest BCUT2D eigenvalue weighted by molar-refractivity contribution is 6.30. The Hall–Kier alpha value is -5.20. The van der Waals surface area contributed by atoms with Crippen LogP contribution in [-0.4, -0.2) is 0 Å². The summed E-state index contributed by atoms with van der Waals surface area (Å²) in [5.74, 6) is 0. The second kappa shape index (κ2) is 7.25. The summed E-state index contributed by atoms with van der Waals surface area (Å²) in [6.07, 6.45) is 0. The van der Waals surface area contributed by atoms with E-state index >= 15 is 0 Å². The average Bonchev–Trinajstić information content (AvgIpc) is 3.31. The lowest BCUT2D eigenvalue weighted by Gasteiger charge is -2.14. The zero-order valence-corrected chi connectivity index (χ0v) is 21.7. The van der Waals surface area contributed by atoms with Crippen molar-refractivity contribution in [3.63, 3.8) is 0 Å². The number of rotatable bonds is 0. The van der Waals surface area contributed by atoms with Crippen molar-refractivity contribution in [2.75, 3.05) is 0 Å². The van der Waals surface area contributed by atoms with E-state index in [2.05, 4.69) is 133 Å². The van der Waals surface area contributed by atoms with E-state index in [1.54, 1.807) is 0 Å². The Kier molecular flexibility index (Phi) is 3.76. The van der Waals surface area contributed by atoms with Gasteiger partial charge in [0.15, 0.2) is 0 Å². The molecule has 0 heteroatoms. The maximum Gasteiger partial charge on any atom is -0.00199 e. The lowest BCUT2D eigenvalue weighted by Crippen LogP contribution is -1.86. The lowest BCUT2D eigenvalue weighted by molar-refractivity contribution is 1.76. The van der Waals surface area contributed by atoms with Crippen molar-refractivity contribution in [1.29, 1.82) is 0 Å². The van der Waals surface area contributed by atoms with E-state index in [0.29, 0.717) is 0 Å².